The minimum Gasteiger partial charge on any atom is -0.392 e. The van der Waals surface area contributed by atoms with Crippen LogP contribution in [-0.4, -0.2) is 41.6 Å². The van der Waals surface area contributed by atoms with E-state index >= 15 is 0 Å². The Morgan fingerprint density at radius 2 is 2.32 bits per heavy atom. The highest BCUT2D eigenvalue weighted by Crippen LogP contribution is 2.22. The third-order valence-electron chi connectivity index (χ3n) is 2.80. The molecule has 2 rings (SSSR count). The molecular formula is C12H14ClN3O3. The van der Waals surface area contributed by atoms with Crippen LogP contribution in [0.2, 0.25) is 5.02 Å². The molecule has 19 heavy (non-hydrogen) atoms. The lowest BCUT2D eigenvalue weighted by Crippen LogP contribution is -2.38. The minimum atomic E-state index is -0.373. The molecule has 1 aromatic carbocycles. The van der Waals surface area contributed by atoms with Crippen molar-refractivity contribution in [3.63, 3.8) is 0 Å². The molecule has 0 radical (unpaired) electrons. The Kier molecular flexibility index (Phi) is 4.24. The zero-order valence-corrected chi connectivity index (χ0v) is 10.9. The first-order valence-electron chi connectivity index (χ1n) is 5.83. The van der Waals surface area contributed by atoms with Crippen molar-refractivity contribution in [2.45, 2.75) is 6.61 Å². The minimum absolute atomic E-state index is 0.0258. The molecule has 3 N–H and O–H groups in total. The summed E-state index contributed by atoms with van der Waals surface area (Å²) in [7, 11) is 0. The predicted octanol–water partition coefficient (Wildman–Crippen LogP) is 0.796. The predicted molar refractivity (Wildman–Crippen MR) is 71.0 cm³/mol. The van der Waals surface area contributed by atoms with Gasteiger partial charge in [-0.3, -0.25) is 9.69 Å². The Morgan fingerprint density at radius 1 is 1.53 bits per heavy atom. The van der Waals surface area contributed by atoms with Gasteiger partial charge in [-0.2, -0.15) is 0 Å². The van der Waals surface area contributed by atoms with E-state index in [1.165, 1.54) is 0 Å². The molecule has 1 aliphatic rings. The molecule has 1 aliphatic heterocycles. The van der Waals surface area contributed by atoms with Crippen LogP contribution >= 0.6 is 11.6 Å². The van der Waals surface area contributed by atoms with Gasteiger partial charge in [0.1, 0.15) is 0 Å². The second kappa shape index (κ2) is 5.90. The van der Waals surface area contributed by atoms with Gasteiger partial charge in [0.05, 0.1) is 23.9 Å². The zero-order chi connectivity index (χ0) is 13.8. The number of nitrogens with one attached hydrogen (secondary N) is 2. The summed E-state index contributed by atoms with van der Waals surface area (Å²) < 4.78 is 0. The summed E-state index contributed by atoms with van der Waals surface area (Å²) in [5.74, 6) is -0.319. The van der Waals surface area contributed by atoms with E-state index in [9.17, 15) is 9.59 Å². The highest BCUT2D eigenvalue weighted by molar-refractivity contribution is 6.33. The molecule has 7 heteroatoms. The van der Waals surface area contributed by atoms with Gasteiger partial charge in [-0.1, -0.05) is 17.7 Å². The van der Waals surface area contributed by atoms with Crippen LogP contribution in [0.15, 0.2) is 18.2 Å². The summed E-state index contributed by atoms with van der Waals surface area (Å²) in [6, 6.07) is 4.63. The van der Waals surface area contributed by atoms with Gasteiger partial charge in [-0.05, 0) is 17.7 Å². The van der Waals surface area contributed by atoms with Crippen LogP contribution in [0.1, 0.15) is 5.56 Å². The summed E-state index contributed by atoms with van der Waals surface area (Å²) in [5.41, 5.74) is 1.25. The standard InChI is InChI=1S/C12H14ClN3O3/c13-9-2-1-8(7-17)5-10(9)15-6-11(18)16-4-3-14-12(16)19/h1-2,5,15,17H,3-4,6-7H2,(H,14,19). The number of urea groups is 1. The van der Waals surface area contributed by atoms with Crippen LogP contribution in [0.4, 0.5) is 10.5 Å². The first-order chi connectivity index (χ1) is 9.11. The summed E-state index contributed by atoms with van der Waals surface area (Å²) in [6.45, 7) is 0.728. The number of nitrogens with zero attached hydrogens (tertiary/aromatic N) is 1. The van der Waals surface area contributed by atoms with Crippen molar-refractivity contribution in [1.82, 2.24) is 10.2 Å². The van der Waals surface area contributed by atoms with Gasteiger partial charge in [0.2, 0.25) is 5.91 Å². The van der Waals surface area contributed by atoms with E-state index in [-0.39, 0.29) is 25.1 Å². The number of imide groups is 1. The SMILES string of the molecule is O=C(CNc1cc(CO)ccc1Cl)N1CCNC1=O. The fraction of sp³-hybridized carbons (Fsp3) is 0.333. The quantitative estimate of drug-likeness (QED) is 0.763. The van der Waals surface area contributed by atoms with E-state index in [1.54, 1.807) is 18.2 Å². The molecule has 3 amide bonds. The third-order valence-corrected chi connectivity index (χ3v) is 3.13. The normalized spacial score (nSPS) is 14.4. The first-order valence-corrected chi connectivity index (χ1v) is 6.21. The van der Waals surface area contributed by atoms with Crippen LogP contribution < -0.4 is 10.6 Å². The number of aliphatic hydroxyl groups is 1. The molecule has 1 aromatic rings. The van der Waals surface area contributed by atoms with Gasteiger partial charge in [0.15, 0.2) is 0 Å². The second-order valence-electron chi connectivity index (χ2n) is 4.10. The molecule has 1 saturated heterocycles. The number of rotatable bonds is 4. The number of benzene rings is 1. The smallest absolute Gasteiger partial charge is 0.324 e. The van der Waals surface area contributed by atoms with Crippen molar-refractivity contribution < 1.29 is 14.7 Å². The number of halogens is 1. The number of hydrogen-bond acceptors (Lipinski definition) is 4. The zero-order valence-electron chi connectivity index (χ0n) is 10.1. The van der Waals surface area contributed by atoms with Crippen molar-refractivity contribution in [2.75, 3.05) is 25.0 Å². The largest absolute Gasteiger partial charge is 0.392 e. The van der Waals surface area contributed by atoms with Gasteiger partial charge < -0.3 is 15.7 Å². The number of hydrogen-bond donors (Lipinski definition) is 3. The van der Waals surface area contributed by atoms with Crippen molar-refractivity contribution in [2.24, 2.45) is 0 Å². The lowest BCUT2D eigenvalue weighted by Gasteiger charge is -2.14. The summed E-state index contributed by atoms with van der Waals surface area (Å²) in [4.78, 5) is 24.3. The van der Waals surface area contributed by atoms with E-state index in [0.29, 0.717) is 29.4 Å². The summed E-state index contributed by atoms with van der Waals surface area (Å²) in [6.07, 6.45) is 0. The summed E-state index contributed by atoms with van der Waals surface area (Å²) in [5, 5.41) is 14.9. The number of carbonyl (C=O) groups excluding carboxylic acids is 2. The molecule has 0 bridgehead atoms. The van der Waals surface area contributed by atoms with E-state index in [4.69, 9.17) is 16.7 Å². The van der Waals surface area contributed by atoms with Crippen molar-refractivity contribution in [3.8, 4) is 0 Å². The molecule has 0 unspecified atom stereocenters. The van der Waals surface area contributed by atoms with E-state index in [0.717, 1.165) is 4.90 Å². The van der Waals surface area contributed by atoms with Crippen LogP contribution in [-0.2, 0) is 11.4 Å². The van der Waals surface area contributed by atoms with Gasteiger partial charge in [0, 0.05) is 13.1 Å². The van der Waals surface area contributed by atoms with Crippen molar-refractivity contribution >= 4 is 29.2 Å². The highest BCUT2D eigenvalue weighted by Gasteiger charge is 2.25. The van der Waals surface area contributed by atoms with E-state index < -0.39 is 0 Å². The third kappa shape index (κ3) is 3.15. The van der Waals surface area contributed by atoms with Gasteiger partial charge in [-0.15, -0.1) is 0 Å². The Bertz CT molecular complexity index is 507. The Balaban J connectivity index is 1.98. The molecule has 102 valence electrons. The fourth-order valence-electron chi connectivity index (χ4n) is 1.78. The van der Waals surface area contributed by atoms with Crippen molar-refractivity contribution in [3.05, 3.63) is 28.8 Å². The molecule has 1 fully saturated rings. The average molecular weight is 284 g/mol. The Labute approximate surface area is 115 Å². The number of carbonyl (C=O) groups is 2. The Morgan fingerprint density at radius 3 is 2.95 bits per heavy atom. The van der Waals surface area contributed by atoms with Gasteiger partial charge in [0.25, 0.3) is 0 Å². The molecule has 0 spiro atoms. The summed E-state index contributed by atoms with van der Waals surface area (Å²) >= 11 is 5.98. The monoisotopic (exact) mass is 283 g/mol. The average Bonchev–Trinajstić information content (AvgIpc) is 2.84. The maximum Gasteiger partial charge on any atom is 0.324 e. The molecule has 0 atom stereocenters. The van der Waals surface area contributed by atoms with Crippen molar-refractivity contribution in [1.29, 1.82) is 0 Å². The van der Waals surface area contributed by atoms with E-state index in [2.05, 4.69) is 10.6 Å². The fourth-order valence-corrected chi connectivity index (χ4v) is 1.97. The molecule has 1 heterocycles. The first kappa shape index (κ1) is 13.6. The number of aliphatic hydroxyl groups excluding tert-OH is 1. The lowest BCUT2D eigenvalue weighted by atomic mass is 10.2. The lowest BCUT2D eigenvalue weighted by molar-refractivity contribution is -0.125. The number of amides is 3. The van der Waals surface area contributed by atoms with Crippen LogP contribution in [0, 0.1) is 0 Å². The van der Waals surface area contributed by atoms with Crippen LogP contribution in [0.3, 0.4) is 0 Å². The van der Waals surface area contributed by atoms with Crippen LogP contribution in [0.5, 0.6) is 0 Å². The molecule has 0 aliphatic carbocycles. The molecular weight excluding hydrogens is 270 g/mol. The molecule has 0 aromatic heterocycles. The number of anilines is 1. The second-order valence-corrected chi connectivity index (χ2v) is 4.51. The van der Waals surface area contributed by atoms with E-state index in [1.807, 2.05) is 0 Å². The highest BCUT2D eigenvalue weighted by atomic mass is 35.5. The molecule has 6 nitrogen and oxygen atoms in total. The van der Waals surface area contributed by atoms with Gasteiger partial charge in [-0.25, -0.2) is 4.79 Å². The molecule has 0 saturated carbocycles. The Hall–Kier alpha value is -1.79. The topological polar surface area (TPSA) is 81.7 Å². The maximum absolute atomic E-state index is 11.8. The van der Waals surface area contributed by atoms with Gasteiger partial charge >= 0.3 is 6.03 Å². The maximum atomic E-state index is 11.8. The van der Waals surface area contributed by atoms with Crippen LogP contribution in [0.25, 0.3) is 0 Å².